The fourth-order valence-electron chi connectivity index (χ4n) is 1.95. The molecule has 4 nitrogen and oxygen atoms in total. The summed E-state index contributed by atoms with van der Waals surface area (Å²) in [5.41, 5.74) is 3.10. The lowest BCUT2D eigenvalue weighted by Crippen LogP contribution is -2.10. The minimum Gasteiger partial charge on any atom is -0.382 e. The lowest BCUT2D eigenvalue weighted by atomic mass is 10.1. The Morgan fingerprint density at radius 3 is 3.11 bits per heavy atom. The fourth-order valence-corrected chi connectivity index (χ4v) is 1.95. The predicted octanol–water partition coefficient (Wildman–Crippen LogP) is 3.01. The number of aromatic amines is 1. The SMILES string of the molecule is CC(C)Nc1ccnc2[nH]cc(C/C=C\C#N)c12. The normalized spacial score (nSPS) is 11.2. The number of hydrogen-bond acceptors (Lipinski definition) is 3. The first-order valence-corrected chi connectivity index (χ1v) is 5.98. The molecule has 2 rings (SSSR count). The van der Waals surface area contributed by atoms with Crippen LogP contribution in [0.1, 0.15) is 19.4 Å². The van der Waals surface area contributed by atoms with E-state index < -0.39 is 0 Å². The van der Waals surface area contributed by atoms with Gasteiger partial charge in [-0.15, -0.1) is 0 Å². The Morgan fingerprint density at radius 1 is 1.56 bits per heavy atom. The van der Waals surface area contributed by atoms with Crippen LogP contribution >= 0.6 is 0 Å². The number of H-pyrrole nitrogens is 1. The molecule has 0 radical (unpaired) electrons. The molecule has 0 aliphatic heterocycles. The Bertz CT molecular complexity index is 602. The van der Waals surface area contributed by atoms with Crippen LogP contribution in [-0.2, 0) is 6.42 Å². The van der Waals surface area contributed by atoms with E-state index in [0.717, 1.165) is 28.7 Å². The molecule has 0 unspecified atom stereocenters. The first-order chi connectivity index (χ1) is 8.72. The Morgan fingerprint density at radius 2 is 2.39 bits per heavy atom. The van der Waals surface area contributed by atoms with Crippen molar-refractivity contribution in [1.29, 1.82) is 5.26 Å². The highest BCUT2D eigenvalue weighted by Crippen LogP contribution is 2.26. The molecule has 92 valence electrons. The zero-order valence-electron chi connectivity index (χ0n) is 10.6. The molecule has 2 aromatic heterocycles. The summed E-state index contributed by atoms with van der Waals surface area (Å²) in [6.45, 7) is 4.21. The minimum atomic E-state index is 0.369. The van der Waals surface area contributed by atoms with Crippen LogP contribution in [0, 0.1) is 11.3 Å². The number of nitriles is 1. The van der Waals surface area contributed by atoms with Crippen molar-refractivity contribution >= 4 is 16.7 Å². The number of fused-ring (bicyclic) bond motifs is 1. The van der Waals surface area contributed by atoms with Gasteiger partial charge in [0.15, 0.2) is 0 Å². The highest BCUT2D eigenvalue weighted by atomic mass is 14.9. The number of allylic oxidation sites excluding steroid dienone is 2. The van der Waals surface area contributed by atoms with E-state index in [2.05, 4.69) is 29.1 Å². The topological polar surface area (TPSA) is 64.5 Å². The quantitative estimate of drug-likeness (QED) is 0.807. The van der Waals surface area contributed by atoms with Crippen LogP contribution in [0.5, 0.6) is 0 Å². The van der Waals surface area contributed by atoms with E-state index in [-0.39, 0.29) is 0 Å². The van der Waals surface area contributed by atoms with E-state index >= 15 is 0 Å². The van der Waals surface area contributed by atoms with E-state index in [0.29, 0.717) is 6.04 Å². The van der Waals surface area contributed by atoms with Crippen LogP contribution in [0.2, 0.25) is 0 Å². The summed E-state index contributed by atoms with van der Waals surface area (Å²) in [6, 6.07) is 4.35. The summed E-state index contributed by atoms with van der Waals surface area (Å²) in [6.07, 6.45) is 7.83. The van der Waals surface area contributed by atoms with Crippen LogP contribution in [0.15, 0.2) is 30.6 Å². The van der Waals surface area contributed by atoms with Gasteiger partial charge < -0.3 is 10.3 Å². The number of nitrogens with one attached hydrogen (secondary N) is 2. The van der Waals surface area contributed by atoms with Crippen LogP contribution in [-0.4, -0.2) is 16.0 Å². The molecule has 18 heavy (non-hydrogen) atoms. The van der Waals surface area contributed by atoms with Gasteiger partial charge in [0.1, 0.15) is 5.65 Å². The molecule has 0 spiro atoms. The molecule has 2 N–H and O–H groups in total. The van der Waals surface area contributed by atoms with Crippen molar-refractivity contribution in [2.24, 2.45) is 0 Å². The van der Waals surface area contributed by atoms with E-state index in [1.54, 1.807) is 6.20 Å². The number of anilines is 1. The molecule has 0 bridgehead atoms. The Balaban J connectivity index is 2.42. The van der Waals surface area contributed by atoms with Gasteiger partial charge in [-0.3, -0.25) is 0 Å². The van der Waals surface area contributed by atoms with Crippen molar-refractivity contribution in [2.75, 3.05) is 5.32 Å². The second-order valence-corrected chi connectivity index (χ2v) is 4.43. The largest absolute Gasteiger partial charge is 0.382 e. The van der Waals surface area contributed by atoms with Crippen molar-refractivity contribution in [3.63, 3.8) is 0 Å². The Labute approximate surface area is 106 Å². The van der Waals surface area contributed by atoms with Crippen LogP contribution < -0.4 is 5.32 Å². The minimum absolute atomic E-state index is 0.369. The van der Waals surface area contributed by atoms with E-state index in [1.807, 2.05) is 24.4 Å². The third-order valence-corrected chi connectivity index (χ3v) is 2.63. The predicted molar refractivity (Wildman–Crippen MR) is 73.3 cm³/mol. The molecular formula is C14H16N4. The monoisotopic (exact) mass is 240 g/mol. The summed E-state index contributed by atoms with van der Waals surface area (Å²) in [5, 5.41) is 13.0. The number of aromatic nitrogens is 2. The van der Waals surface area contributed by atoms with Gasteiger partial charge in [-0.2, -0.15) is 5.26 Å². The summed E-state index contributed by atoms with van der Waals surface area (Å²) in [4.78, 5) is 7.47. The molecule has 0 saturated carbocycles. The first kappa shape index (κ1) is 12.2. The third-order valence-electron chi connectivity index (χ3n) is 2.63. The zero-order valence-corrected chi connectivity index (χ0v) is 10.6. The van der Waals surface area contributed by atoms with E-state index in [9.17, 15) is 0 Å². The second kappa shape index (κ2) is 5.37. The van der Waals surface area contributed by atoms with Crippen molar-refractivity contribution in [1.82, 2.24) is 9.97 Å². The number of nitrogens with zero attached hydrogens (tertiary/aromatic N) is 2. The van der Waals surface area contributed by atoms with E-state index in [4.69, 9.17) is 5.26 Å². The van der Waals surface area contributed by atoms with Gasteiger partial charge in [0, 0.05) is 35.6 Å². The van der Waals surface area contributed by atoms with E-state index in [1.165, 1.54) is 6.08 Å². The van der Waals surface area contributed by atoms with Gasteiger partial charge in [0.05, 0.1) is 6.07 Å². The molecule has 0 amide bonds. The zero-order chi connectivity index (χ0) is 13.0. The molecule has 0 fully saturated rings. The average molecular weight is 240 g/mol. The molecule has 2 heterocycles. The smallest absolute Gasteiger partial charge is 0.139 e. The number of rotatable bonds is 4. The van der Waals surface area contributed by atoms with Crippen LogP contribution in [0.4, 0.5) is 5.69 Å². The maximum Gasteiger partial charge on any atom is 0.139 e. The highest BCUT2D eigenvalue weighted by molar-refractivity contribution is 5.92. The summed E-state index contributed by atoms with van der Waals surface area (Å²) in [5.74, 6) is 0. The molecule has 2 aromatic rings. The summed E-state index contributed by atoms with van der Waals surface area (Å²) < 4.78 is 0. The first-order valence-electron chi connectivity index (χ1n) is 5.98. The highest BCUT2D eigenvalue weighted by Gasteiger charge is 2.09. The van der Waals surface area contributed by atoms with Gasteiger partial charge in [0.2, 0.25) is 0 Å². The van der Waals surface area contributed by atoms with Gasteiger partial charge in [-0.25, -0.2) is 4.98 Å². The van der Waals surface area contributed by atoms with Crippen molar-refractivity contribution < 1.29 is 0 Å². The van der Waals surface area contributed by atoms with Gasteiger partial charge in [-0.05, 0) is 31.9 Å². The number of pyridine rings is 1. The van der Waals surface area contributed by atoms with Crippen molar-refractivity contribution in [3.05, 3.63) is 36.2 Å². The van der Waals surface area contributed by atoms with Gasteiger partial charge in [0.25, 0.3) is 0 Å². The average Bonchev–Trinajstić information content (AvgIpc) is 2.73. The Kier molecular flexibility index (Phi) is 3.63. The molecule has 0 aromatic carbocycles. The maximum absolute atomic E-state index is 8.51. The second-order valence-electron chi connectivity index (χ2n) is 4.43. The number of hydrogen-bond donors (Lipinski definition) is 2. The van der Waals surface area contributed by atoms with Crippen molar-refractivity contribution in [2.45, 2.75) is 26.3 Å². The van der Waals surface area contributed by atoms with Crippen molar-refractivity contribution in [3.8, 4) is 6.07 Å². The standard InChI is InChI=1S/C14H16N4/c1-10(2)18-12-6-8-16-14-13(12)11(9-17-14)5-3-4-7-15/h3-4,6,8-10H,5H2,1-2H3,(H2,16,17,18)/b4-3-. The molecule has 0 saturated heterocycles. The molecule has 4 heteroatoms. The molecular weight excluding hydrogens is 224 g/mol. The summed E-state index contributed by atoms with van der Waals surface area (Å²) >= 11 is 0. The maximum atomic E-state index is 8.51. The fraction of sp³-hybridized carbons (Fsp3) is 0.286. The van der Waals surface area contributed by atoms with Gasteiger partial charge >= 0.3 is 0 Å². The van der Waals surface area contributed by atoms with Gasteiger partial charge in [-0.1, -0.05) is 6.08 Å². The molecule has 0 atom stereocenters. The third kappa shape index (κ3) is 2.51. The Hall–Kier alpha value is -2.28. The van der Waals surface area contributed by atoms with Crippen LogP contribution in [0.25, 0.3) is 11.0 Å². The lowest BCUT2D eigenvalue weighted by molar-refractivity contribution is 0.901. The molecule has 0 aliphatic rings. The summed E-state index contributed by atoms with van der Waals surface area (Å²) in [7, 11) is 0. The lowest BCUT2D eigenvalue weighted by Gasteiger charge is -2.11. The van der Waals surface area contributed by atoms with Crippen LogP contribution in [0.3, 0.4) is 0 Å². The molecule has 0 aliphatic carbocycles.